The van der Waals surface area contributed by atoms with E-state index in [9.17, 15) is 4.79 Å². The summed E-state index contributed by atoms with van der Waals surface area (Å²) >= 11 is 0. The van der Waals surface area contributed by atoms with Crippen LogP contribution in [0.5, 0.6) is 0 Å². The summed E-state index contributed by atoms with van der Waals surface area (Å²) in [6.45, 7) is 10.8. The molecule has 1 atom stereocenters. The Bertz CT molecular complexity index is 196. The molecule has 3 nitrogen and oxygen atoms in total. The Morgan fingerprint density at radius 1 is 1.62 bits per heavy atom. The zero-order chi connectivity index (χ0) is 10.3. The fourth-order valence-electron chi connectivity index (χ4n) is 0.663. The van der Waals surface area contributed by atoms with E-state index in [2.05, 4.69) is 13.2 Å². The summed E-state index contributed by atoms with van der Waals surface area (Å²) in [5.74, 6) is -0.375. The molecule has 0 aliphatic carbocycles. The second-order valence-electron chi connectivity index (χ2n) is 2.72. The maximum atomic E-state index is 11.1. The normalized spacial score (nSPS) is 11.5. The zero-order valence-corrected chi connectivity index (χ0v) is 8.21. The summed E-state index contributed by atoms with van der Waals surface area (Å²) in [4.78, 5) is 11.1. The molecule has 0 saturated heterocycles. The molecule has 0 aliphatic heterocycles. The van der Waals surface area contributed by atoms with Gasteiger partial charge in [-0.1, -0.05) is 20.1 Å². The van der Waals surface area contributed by atoms with Crippen molar-refractivity contribution in [1.82, 2.24) is 0 Å². The van der Waals surface area contributed by atoms with E-state index in [-0.39, 0.29) is 12.1 Å². The molecule has 3 heteroatoms. The summed E-state index contributed by atoms with van der Waals surface area (Å²) in [6.07, 6.45) is 1.83. The molecule has 0 bridgehead atoms. The van der Waals surface area contributed by atoms with E-state index in [1.165, 1.54) is 6.26 Å². The Kier molecular flexibility index (Phi) is 5.68. The van der Waals surface area contributed by atoms with Crippen molar-refractivity contribution in [2.24, 2.45) is 0 Å². The van der Waals surface area contributed by atoms with Crippen LogP contribution < -0.4 is 0 Å². The highest BCUT2D eigenvalue weighted by Gasteiger charge is 2.12. The summed E-state index contributed by atoms with van der Waals surface area (Å²) < 4.78 is 9.98. The van der Waals surface area contributed by atoms with Gasteiger partial charge in [0.25, 0.3) is 0 Å². The first-order valence-corrected chi connectivity index (χ1v) is 4.20. The van der Waals surface area contributed by atoms with Gasteiger partial charge in [-0.15, -0.1) is 0 Å². The third kappa shape index (κ3) is 5.06. The van der Waals surface area contributed by atoms with Gasteiger partial charge >= 0.3 is 5.97 Å². The Morgan fingerprint density at radius 3 is 2.62 bits per heavy atom. The molecular formula is C10H16O3. The smallest absolute Gasteiger partial charge is 0.333 e. The maximum Gasteiger partial charge on any atom is 0.333 e. The van der Waals surface area contributed by atoms with Crippen LogP contribution in [0.1, 0.15) is 20.3 Å². The molecule has 0 amide bonds. The highest BCUT2D eigenvalue weighted by Crippen LogP contribution is 2.03. The Balaban J connectivity index is 3.89. The Morgan fingerprint density at radius 2 is 2.23 bits per heavy atom. The molecular weight excluding hydrogens is 168 g/mol. The van der Waals surface area contributed by atoms with Crippen LogP contribution in [-0.4, -0.2) is 18.7 Å². The van der Waals surface area contributed by atoms with E-state index in [4.69, 9.17) is 9.47 Å². The molecule has 1 unspecified atom stereocenters. The highest BCUT2D eigenvalue weighted by molar-refractivity contribution is 5.87. The van der Waals surface area contributed by atoms with Crippen LogP contribution in [0.3, 0.4) is 0 Å². The second-order valence-corrected chi connectivity index (χ2v) is 2.72. The molecule has 0 aromatic rings. The van der Waals surface area contributed by atoms with Gasteiger partial charge in [-0.2, -0.15) is 0 Å². The van der Waals surface area contributed by atoms with Crippen LogP contribution in [0, 0.1) is 0 Å². The van der Waals surface area contributed by atoms with Crippen molar-refractivity contribution in [2.75, 3.05) is 6.61 Å². The first-order valence-electron chi connectivity index (χ1n) is 4.20. The summed E-state index contributed by atoms with van der Waals surface area (Å²) in [5, 5.41) is 0. The van der Waals surface area contributed by atoms with Crippen LogP contribution in [0.4, 0.5) is 0 Å². The summed E-state index contributed by atoms with van der Waals surface area (Å²) in [5.41, 5.74) is 0.400. The molecule has 0 aliphatic rings. The number of ether oxygens (including phenoxy) is 2. The van der Waals surface area contributed by atoms with Crippen LogP contribution >= 0.6 is 0 Å². The van der Waals surface area contributed by atoms with Gasteiger partial charge in [0, 0.05) is 5.57 Å². The lowest BCUT2D eigenvalue weighted by Crippen LogP contribution is -2.22. The number of hydrogen-bond acceptors (Lipinski definition) is 3. The summed E-state index contributed by atoms with van der Waals surface area (Å²) in [6, 6.07) is 0. The van der Waals surface area contributed by atoms with E-state index in [0.29, 0.717) is 18.6 Å². The first kappa shape index (κ1) is 11.8. The third-order valence-corrected chi connectivity index (χ3v) is 1.48. The summed E-state index contributed by atoms with van der Waals surface area (Å²) in [7, 11) is 0. The van der Waals surface area contributed by atoms with E-state index in [1.807, 2.05) is 6.92 Å². The molecule has 0 aromatic heterocycles. The van der Waals surface area contributed by atoms with Crippen molar-refractivity contribution >= 4 is 5.97 Å². The SMILES string of the molecule is C=COCC(CC)OC(=O)C(=C)C. The molecule has 0 rings (SSSR count). The molecule has 0 fully saturated rings. The minimum Gasteiger partial charge on any atom is -0.498 e. The molecule has 13 heavy (non-hydrogen) atoms. The van der Waals surface area contributed by atoms with Gasteiger partial charge in [-0.3, -0.25) is 0 Å². The number of rotatable bonds is 6. The van der Waals surface area contributed by atoms with Crippen LogP contribution in [0.15, 0.2) is 25.0 Å². The monoisotopic (exact) mass is 184 g/mol. The van der Waals surface area contributed by atoms with Crippen LogP contribution in [0.25, 0.3) is 0 Å². The first-order chi connectivity index (χ1) is 6.11. The maximum absolute atomic E-state index is 11.1. The predicted molar refractivity (Wildman–Crippen MR) is 51.1 cm³/mol. The van der Waals surface area contributed by atoms with Gasteiger partial charge in [0.05, 0.1) is 6.26 Å². The molecule has 0 spiro atoms. The second kappa shape index (κ2) is 6.29. The quantitative estimate of drug-likeness (QED) is 0.360. The van der Waals surface area contributed by atoms with Crippen molar-refractivity contribution in [3.05, 3.63) is 25.0 Å². The molecule has 0 heterocycles. The molecule has 74 valence electrons. The van der Waals surface area contributed by atoms with E-state index < -0.39 is 0 Å². The van der Waals surface area contributed by atoms with Gasteiger partial charge in [-0.25, -0.2) is 4.79 Å². The van der Waals surface area contributed by atoms with Gasteiger partial charge in [0.1, 0.15) is 12.7 Å². The van der Waals surface area contributed by atoms with Crippen molar-refractivity contribution in [3.8, 4) is 0 Å². The third-order valence-electron chi connectivity index (χ3n) is 1.48. The number of hydrogen-bond donors (Lipinski definition) is 0. The molecule has 0 N–H and O–H groups in total. The van der Waals surface area contributed by atoms with Crippen LogP contribution in [-0.2, 0) is 14.3 Å². The van der Waals surface area contributed by atoms with Gasteiger partial charge in [0.15, 0.2) is 0 Å². The Hall–Kier alpha value is -1.25. The Labute approximate surface area is 79.0 Å². The van der Waals surface area contributed by atoms with Crippen LogP contribution in [0.2, 0.25) is 0 Å². The molecule has 0 radical (unpaired) electrons. The fourth-order valence-corrected chi connectivity index (χ4v) is 0.663. The molecule has 0 aromatic carbocycles. The van der Waals surface area contributed by atoms with Gasteiger partial charge in [0.2, 0.25) is 0 Å². The number of carbonyl (C=O) groups excluding carboxylic acids is 1. The number of esters is 1. The molecule has 0 saturated carbocycles. The van der Waals surface area contributed by atoms with Gasteiger partial charge < -0.3 is 9.47 Å². The standard InChI is InChI=1S/C10H16O3/c1-5-9(7-12-6-2)13-10(11)8(3)4/h6,9H,2-3,5,7H2,1,4H3. The largest absolute Gasteiger partial charge is 0.498 e. The van der Waals surface area contributed by atoms with Crippen molar-refractivity contribution in [1.29, 1.82) is 0 Å². The van der Waals surface area contributed by atoms with Gasteiger partial charge in [-0.05, 0) is 13.3 Å². The van der Waals surface area contributed by atoms with Crippen molar-refractivity contribution in [2.45, 2.75) is 26.4 Å². The average Bonchev–Trinajstić information content (AvgIpc) is 2.11. The highest BCUT2D eigenvalue weighted by atomic mass is 16.6. The fraction of sp³-hybridized carbons (Fsp3) is 0.500. The lowest BCUT2D eigenvalue weighted by atomic mass is 10.3. The lowest BCUT2D eigenvalue weighted by Gasteiger charge is -2.15. The minimum absolute atomic E-state index is 0.220. The minimum atomic E-state index is -0.375. The number of carbonyl (C=O) groups is 1. The lowest BCUT2D eigenvalue weighted by molar-refractivity contribution is -0.146. The zero-order valence-electron chi connectivity index (χ0n) is 8.21. The predicted octanol–water partition coefficient (Wildman–Crippen LogP) is 2.04. The topological polar surface area (TPSA) is 35.5 Å². The van der Waals surface area contributed by atoms with E-state index in [1.54, 1.807) is 6.92 Å². The van der Waals surface area contributed by atoms with E-state index >= 15 is 0 Å². The van der Waals surface area contributed by atoms with Crippen molar-refractivity contribution in [3.63, 3.8) is 0 Å². The average molecular weight is 184 g/mol. The van der Waals surface area contributed by atoms with Crippen molar-refractivity contribution < 1.29 is 14.3 Å². The van der Waals surface area contributed by atoms with E-state index in [0.717, 1.165) is 0 Å².